The van der Waals surface area contributed by atoms with Gasteiger partial charge < -0.3 is 4.90 Å². The zero-order chi connectivity index (χ0) is 6.88. The molecule has 0 spiro atoms. The molecule has 3 saturated carbocycles. The van der Waals surface area contributed by atoms with Crippen LogP contribution in [0.5, 0.6) is 0 Å². The molecule has 4 rings (SSSR count). The molecule has 0 radical (unpaired) electrons. The summed E-state index contributed by atoms with van der Waals surface area (Å²) in [6, 6.07) is 1.90. The van der Waals surface area contributed by atoms with Crippen molar-refractivity contribution in [3.05, 3.63) is 0 Å². The highest BCUT2D eigenvalue weighted by Crippen LogP contribution is 2.62. The lowest BCUT2D eigenvalue weighted by molar-refractivity contribution is 0.112. The molecule has 4 bridgehead atoms. The molecule has 4 fully saturated rings. The highest BCUT2D eigenvalue weighted by atomic mass is 15.2. The van der Waals surface area contributed by atoms with Gasteiger partial charge in [-0.25, -0.2) is 0 Å². The summed E-state index contributed by atoms with van der Waals surface area (Å²) in [6.07, 6.45) is 3.08. The second-order valence-electron chi connectivity index (χ2n) is 4.45. The lowest BCUT2D eigenvalue weighted by Crippen LogP contribution is -2.39. The normalized spacial score (nSPS) is 64.8. The molecule has 0 aromatic heterocycles. The Kier molecular flexibility index (Phi) is 0.797. The van der Waals surface area contributed by atoms with E-state index in [1.807, 2.05) is 0 Å². The molecule has 0 aromatic carbocycles. The van der Waals surface area contributed by atoms with Crippen LogP contribution in [0.4, 0.5) is 0 Å². The van der Waals surface area contributed by atoms with E-state index < -0.39 is 0 Å². The fourth-order valence-electron chi connectivity index (χ4n) is 3.76. The van der Waals surface area contributed by atoms with Crippen LogP contribution in [0.15, 0.2) is 0 Å². The summed E-state index contributed by atoms with van der Waals surface area (Å²) in [5, 5.41) is 0. The number of piperidine rings is 1. The summed E-state index contributed by atoms with van der Waals surface area (Å²) in [5.41, 5.74) is 0. The van der Waals surface area contributed by atoms with E-state index in [1.165, 1.54) is 6.42 Å². The second-order valence-corrected chi connectivity index (χ2v) is 4.45. The first kappa shape index (κ1) is 5.59. The largest absolute Gasteiger partial charge is 0.300 e. The number of nitrogens with zero attached hydrogens (tertiary/aromatic N) is 1. The minimum atomic E-state index is 0.905. The maximum absolute atomic E-state index is 2.61. The Bertz CT molecular complexity index is 164. The first-order chi connectivity index (χ1) is 4.79. The summed E-state index contributed by atoms with van der Waals surface area (Å²) in [4.78, 5) is 2.61. The van der Waals surface area contributed by atoms with E-state index >= 15 is 0 Å². The molecular formula is C9H15N. The van der Waals surface area contributed by atoms with Crippen molar-refractivity contribution >= 4 is 0 Å². The molecule has 5 unspecified atom stereocenters. The Morgan fingerprint density at radius 1 is 1.30 bits per heavy atom. The molecule has 1 heteroatoms. The van der Waals surface area contributed by atoms with Crippen LogP contribution in [0.25, 0.3) is 0 Å². The molecule has 1 aliphatic heterocycles. The van der Waals surface area contributed by atoms with Crippen molar-refractivity contribution in [3.8, 4) is 0 Å². The summed E-state index contributed by atoms with van der Waals surface area (Å²) < 4.78 is 0. The SMILES string of the molecule is CC1C2C3CC2C(C3)N1C. The van der Waals surface area contributed by atoms with Crippen LogP contribution >= 0.6 is 0 Å². The van der Waals surface area contributed by atoms with Gasteiger partial charge >= 0.3 is 0 Å². The molecule has 5 atom stereocenters. The molecule has 1 nitrogen and oxygen atoms in total. The van der Waals surface area contributed by atoms with E-state index in [1.54, 1.807) is 6.42 Å². The smallest absolute Gasteiger partial charge is 0.0130 e. The van der Waals surface area contributed by atoms with Crippen molar-refractivity contribution in [2.75, 3.05) is 7.05 Å². The minimum Gasteiger partial charge on any atom is -0.300 e. The third-order valence-electron chi connectivity index (χ3n) is 4.37. The fourth-order valence-corrected chi connectivity index (χ4v) is 3.76. The molecule has 10 heavy (non-hydrogen) atoms. The van der Waals surface area contributed by atoms with Gasteiger partial charge in [-0.3, -0.25) is 0 Å². The number of hydrogen-bond donors (Lipinski definition) is 0. The molecular weight excluding hydrogens is 122 g/mol. The van der Waals surface area contributed by atoms with Crippen LogP contribution in [0.3, 0.4) is 0 Å². The number of likely N-dealkylation sites (tertiary alicyclic amines) is 1. The van der Waals surface area contributed by atoms with E-state index in [9.17, 15) is 0 Å². The summed E-state index contributed by atoms with van der Waals surface area (Å²) >= 11 is 0. The van der Waals surface area contributed by atoms with E-state index in [0.29, 0.717) is 0 Å². The quantitative estimate of drug-likeness (QED) is 0.487. The molecule has 0 amide bonds. The van der Waals surface area contributed by atoms with Crippen molar-refractivity contribution in [2.24, 2.45) is 17.8 Å². The second kappa shape index (κ2) is 1.42. The zero-order valence-corrected chi connectivity index (χ0v) is 6.75. The molecule has 3 aliphatic carbocycles. The average Bonchev–Trinajstić information content (AvgIpc) is 2.41. The van der Waals surface area contributed by atoms with E-state index in [-0.39, 0.29) is 0 Å². The summed E-state index contributed by atoms with van der Waals surface area (Å²) in [7, 11) is 2.31. The van der Waals surface area contributed by atoms with Gasteiger partial charge in [0.25, 0.3) is 0 Å². The van der Waals surface area contributed by atoms with Gasteiger partial charge in [-0.2, -0.15) is 0 Å². The Hall–Kier alpha value is -0.0400. The van der Waals surface area contributed by atoms with Crippen molar-refractivity contribution < 1.29 is 0 Å². The number of rotatable bonds is 0. The third-order valence-corrected chi connectivity index (χ3v) is 4.37. The molecule has 1 heterocycles. The number of hydrogen-bond acceptors (Lipinski definition) is 1. The zero-order valence-electron chi connectivity index (χ0n) is 6.75. The van der Waals surface area contributed by atoms with E-state index in [4.69, 9.17) is 0 Å². The fraction of sp³-hybridized carbons (Fsp3) is 1.00. The highest BCUT2D eigenvalue weighted by Gasteiger charge is 2.62. The lowest BCUT2D eigenvalue weighted by Gasteiger charge is -2.37. The van der Waals surface area contributed by atoms with Crippen LogP contribution in [0, 0.1) is 17.8 Å². The molecule has 0 N–H and O–H groups in total. The Morgan fingerprint density at radius 2 is 2.10 bits per heavy atom. The highest BCUT2D eigenvalue weighted by molar-refractivity contribution is 5.14. The van der Waals surface area contributed by atoms with Gasteiger partial charge in [0, 0.05) is 12.1 Å². The predicted molar refractivity (Wildman–Crippen MR) is 40.7 cm³/mol. The Morgan fingerprint density at radius 3 is 2.60 bits per heavy atom. The topological polar surface area (TPSA) is 3.24 Å². The molecule has 0 aromatic rings. The predicted octanol–water partition coefficient (Wildman–Crippen LogP) is 1.34. The van der Waals surface area contributed by atoms with Gasteiger partial charge in [0.15, 0.2) is 0 Å². The van der Waals surface area contributed by atoms with Crippen LogP contribution in [-0.2, 0) is 0 Å². The Balaban J connectivity index is 1.99. The molecule has 56 valence electrons. The van der Waals surface area contributed by atoms with Crippen molar-refractivity contribution in [2.45, 2.75) is 31.8 Å². The van der Waals surface area contributed by atoms with Crippen LogP contribution in [0.2, 0.25) is 0 Å². The standard InChI is InChI=1S/C9H15N/c1-5-9-6-3-7(9)8(4-6)10(5)2/h5-9H,3-4H2,1-2H3. The Labute approximate surface area is 62.4 Å². The van der Waals surface area contributed by atoms with Gasteiger partial charge in [-0.15, -0.1) is 0 Å². The van der Waals surface area contributed by atoms with Crippen LogP contribution in [-0.4, -0.2) is 24.0 Å². The monoisotopic (exact) mass is 137 g/mol. The molecule has 4 aliphatic rings. The van der Waals surface area contributed by atoms with Crippen LogP contribution in [0.1, 0.15) is 19.8 Å². The van der Waals surface area contributed by atoms with Gasteiger partial charge in [0.2, 0.25) is 0 Å². The third kappa shape index (κ3) is 0.378. The van der Waals surface area contributed by atoms with Gasteiger partial charge in [0.05, 0.1) is 0 Å². The molecule has 1 saturated heterocycles. The van der Waals surface area contributed by atoms with Gasteiger partial charge in [-0.1, -0.05) is 0 Å². The van der Waals surface area contributed by atoms with E-state index in [0.717, 1.165) is 29.8 Å². The van der Waals surface area contributed by atoms with Gasteiger partial charge in [-0.05, 0) is 44.6 Å². The van der Waals surface area contributed by atoms with Crippen molar-refractivity contribution in [3.63, 3.8) is 0 Å². The lowest BCUT2D eigenvalue weighted by atomic mass is 9.70. The van der Waals surface area contributed by atoms with E-state index in [2.05, 4.69) is 18.9 Å². The van der Waals surface area contributed by atoms with Crippen LogP contribution < -0.4 is 0 Å². The summed E-state index contributed by atoms with van der Waals surface area (Å²) in [6.45, 7) is 2.41. The maximum Gasteiger partial charge on any atom is 0.0130 e. The minimum absolute atomic E-state index is 0.905. The average molecular weight is 137 g/mol. The maximum atomic E-state index is 2.61. The van der Waals surface area contributed by atoms with Crippen molar-refractivity contribution in [1.82, 2.24) is 4.90 Å². The summed E-state index contributed by atoms with van der Waals surface area (Å²) in [5.74, 6) is 3.36. The van der Waals surface area contributed by atoms with Crippen molar-refractivity contribution in [1.29, 1.82) is 0 Å². The first-order valence-corrected chi connectivity index (χ1v) is 4.51. The first-order valence-electron chi connectivity index (χ1n) is 4.51. The van der Waals surface area contributed by atoms with Gasteiger partial charge in [0.1, 0.15) is 0 Å².